The van der Waals surface area contributed by atoms with Gasteiger partial charge in [0.25, 0.3) is 0 Å². The summed E-state index contributed by atoms with van der Waals surface area (Å²) < 4.78 is 22.6. The molecule has 0 saturated carbocycles. The molecule has 4 atom stereocenters. The molecule has 2 saturated heterocycles. The normalized spacial score (nSPS) is 34.7. The minimum atomic E-state index is -0.212. The molecule has 0 aromatic heterocycles. The molecule has 4 heteroatoms. The third-order valence-corrected chi connectivity index (χ3v) is 3.53. The summed E-state index contributed by atoms with van der Waals surface area (Å²) in [4.78, 5) is 0. The fraction of sp³-hybridized carbons (Fsp3) is 0.571. The Hall–Kier alpha value is -0.940. The average molecular weight is 250 g/mol. The van der Waals surface area contributed by atoms with Gasteiger partial charge in [-0.3, -0.25) is 0 Å². The Bertz CT molecular complexity index is 381. The lowest BCUT2D eigenvalue weighted by atomic mass is 10.0. The minimum Gasteiger partial charge on any atom is -0.376 e. The smallest absolute Gasteiger partial charge is 0.184 e. The maximum atomic E-state index is 5.95. The summed E-state index contributed by atoms with van der Waals surface area (Å²) in [6.07, 6.45) is 0.693. The molecule has 2 fully saturated rings. The van der Waals surface area contributed by atoms with E-state index in [9.17, 15) is 0 Å². The lowest BCUT2D eigenvalue weighted by Gasteiger charge is -2.32. The van der Waals surface area contributed by atoms with Crippen LogP contribution in [0.4, 0.5) is 0 Å². The summed E-state index contributed by atoms with van der Waals surface area (Å²) in [6.45, 7) is 1.20. The van der Waals surface area contributed by atoms with E-state index in [0.717, 1.165) is 6.42 Å². The Morgan fingerprint density at radius 2 is 2.06 bits per heavy atom. The molecule has 1 aromatic carbocycles. The third kappa shape index (κ3) is 2.42. The summed E-state index contributed by atoms with van der Waals surface area (Å²) >= 11 is 0. The second-order valence-electron chi connectivity index (χ2n) is 4.72. The maximum Gasteiger partial charge on any atom is 0.184 e. The predicted molar refractivity (Wildman–Crippen MR) is 65.0 cm³/mol. The van der Waals surface area contributed by atoms with Gasteiger partial charge in [-0.15, -0.1) is 0 Å². The van der Waals surface area contributed by atoms with Crippen molar-refractivity contribution in [2.45, 2.75) is 37.6 Å². The molecule has 0 amide bonds. The molecule has 2 aliphatic rings. The fourth-order valence-electron chi connectivity index (χ4n) is 2.48. The van der Waals surface area contributed by atoms with E-state index in [4.69, 9.17) is 18.9 Å². The van der Waals surface area contributed by atoms with Crippen molar-refractivity contribution in [3.8, 4) is 0 Å². The zero-order chi connectivity index (χ0) is 12.4. The Labute approximate surface area is 107 Å². The molecule has 0 unspecified atom stereocenters. The summed E-state index contributed by atoms with van der Waals surface area (Å²) in [5.74, 6) is 0. The predicted octanol–water partition coefficient (Wildman–Crippen LogP) is 1.73. The van der Waals surface area contributed by atoms with Gasteiger partial charge in [0, 0.05) is 13.5 Å². The van der Waals surface area contributed by atoms with Crippen molar-refractivity contribution < 1.29 is 18.9 Å². The first-order chi connectivity index (χ1) is 8.86. The van der Waals surface area contributed by atoms with Crippen molar-refractivity contribution in [3.63, 3.8) is 0 Å². The molecule has 0 aliphatic carbocycles. The fourth-order valence-corrected chi connectivity index (χ4v) is 2.48. The third-order valence-electron chi connectivity index (χ3n) is 3.53. The van der Waals surface area contributed by atoms with Gasteiger partial charge in [-0.1, -0.05) is 30.3 Å². The molecule has 3 rings (SSSR count). The van der Waals surface area contributed by atoms with E-state index in [1.54, 1.807) is 7.11 Å². The number of hydrogen-bond donors (Lipinski definition) is 0. The van der Waals surface area contributed by atoms with E-state index in [0.29, 0.717) is 13.2 Å². The first-order valence-corrected chi connectivity index (χ1v) is 6.32. The van der Waals surface area contributed by atoms with Gasteiger partial charge in [-0.25, -0.2) is 0 Å². The van der Waals surface area contributed by atoms with Crippen LogP contribution in [0.25, 0.3) is 0 Å². The molecule has 1 aromatic rings. The van der Waals surface area contributed by atoms with E-state index < -0.39 is 0 Å². The van der Waals surface area contributed by atoms with Crippen LogP contribution in [-0.4, -0.2) is 38.3 Å². The standard InChI is InChI=1S/C14H18O4/c1-15-12-7-11(13-9-17-14(12)18-13)16-8-10-5-3-2-4-6-10/h2-6,11-14H,7-9H2,1H3/t11-,12-,13-,14-/m1/s1. The van der Waals surface area contributed by atoms with Crippen LogP contribution >= 0.6 is 0 Å². The van der Waals surface area contributed by atoms with E-state index >= 15 is 0 Å². The van der Waals surface area contributed by atoms with Gasteiger partial charge in [0.1, 0.15) is 12.2 Å². The lowest BCUT2D eigenvalue weighted by Crippen LogP contribution is -2.44. The average Bonchev–Trinajstić information content (AvgIpc) is 2.84. The maximum absolute atomic E-state index is 5.95. The quantitative estimate of drug-likeness (QED) is 0.815. The van der Waals surface area contributed by atoms with Crippen LogP contribution < -0.4 is 0 Å². The van der Waals surface area contributed by atoms with Gasteiger partial charge in [-0.2, -0.15) is 0 Å². The van der Waals surface area contributed by atoms with Crippen LogP contribution in [0, 0.1) is 0 Å². The van der Waals surface area contributed by atoms with Gasteiger partial charge >= 0.3 is 0 Å². The summed E-state index contributed by atoms with van der Waals surface area (Å²) in [5.41, 5.74) is 1.17. The van der Waals surface area contributed by atoms with E-state index in [1.165, 1.54) is 5.56 Å². The van der Waals surface area contributed by atoms with E-state index in [2.05, 4.69) is 12.1 Å². The van der Waals surface area contributed by atoms with Crippen molar-refractivity contribution in [3.05, 3.63) is 35.9 Å². The number of benzene rings is 1. The molecule has 98 valence electrons. The van der Waals surface area contributed by atoms with Crippen molar-refractivity contribution in [2.75, 3.05) is 13.7 Å². The Morgan fingerprint density at radius 3 is 2.83 bits per heavy atom. The number of hydrogen-bond acceptors (Lipinski definition) is 4. The molecule has 0 N–H and O–H groups in total. The van der Waals surface area contributed by atoms with Crippen molar-refractivity contribution in [2.24, 2.45) is 0 Å². The monoisotopic (exact) mass is 250 g/mol. The van der Waals surface area contributed by atoms with Gasteiger partial charge in [0.2, 0.25) is 0 Å². The molecule has 0 radical (unpaired) electrons. The van der Waals surface area contributed by atoms with Crippen molar-refractivity contribution in [1.29, 1.82) is 0 Å². The molecule has 4 nitrogen and oxygen atoms in total. The van der Waals surface area contributed by atoms with Gasteiger partial charge in [-0.05, 0) is 5.56 Å². The first kappa shape index (κ1) is 12.1. The highest BCUT2D eigenvalue weighted by atomic mass is 16.7. The number of methoxy groups -OCH3 is 1. The first-order valence-electron chi connectivity index (χ1n) is 6.32. The Morgan fingerprint density at radius 1 is 1.22 bits per heavy atom. The summed E-state index contributed by atoms with van der Waals surface area (Å²) in [7, 11) is 1.68. The van der Waals surface area contributed by atoms with Gasteiger partial charge in [0.15, 0.2) is 6.29 Å². The van der Waals surface area contributed by atoms with Gasteiger partial charge < -0.3 is 18.9 Å². The molecular formula is C14H18O4. The minimum absolute atomic E-state index is 0.0236. The van der Waals surface area contributed by atoms with Crippen molar-refractivity contribution in [1.82, 2.24) is 0 Å². The SMILES string of the molecule is CO[C@@H]1C[C@@H](OCc2ccccc2)[C@H]2CO[C@@H]1O2. The van der Waals surface area contributed by atoms with E-state index in [-0.39, 0.29) is 24.6 Å². The molecule has 0 spiro atoms. The van der Waals surface area contributed by atoms with Gasteiger partial charge in [0.05, 0.1) is 19.3 Å². The van der Waals surface area contributed by atoms with Crippen molar-refractivity contribution >= 4 is 0 Å². The van der Waals surface area contributed by atoms with E-state index in [1.807, 2.05) is 18.2 Å². The molecule has 2 aliphatic heterocycles. The number of rotatable bonds is 4. The molecular weight excluding hydrogens is 232 g/mol. The van der Waals surface area contributed by atoms with Crippen LogP contribution in [0.5, 0.6) is 0 Å². The summed E-state index contributed by atoms with van der Waals surface area (Å²) in [6, 6.07) is 10.2. The number of ether oxygens (including phenoxy) is 4. The lowest BCUT2D eigenvalue weighted by molar-refractivity contribution is -0.200. The Kier molecular flexibility index (Phi) is 3.61. The zero-order valence-corrected chi connectivity index (χ0v) is 10.5. The van der Waals surface area contributed by atoms with Crippen LogP contribution in [0.1, 0.15) is 12.0 Å². The van der Waals surface area contributed by atoms with Crippen LogP contribution in [0.3, 0.4) is 0 Å². The van der Waals surface area contributed by atoms with Crippen LogP contribution in [0.15, 0.2) is 30.3 Å². The largest absolute Gasteiger partial charge is 0.376 e. The second-order valence-corrected chi connectivity index (χ2v) is 4.72. The number of fused-ring (bicyclic) bond motifs is 2. The zero-order valence-electron chi connectivity index (χ0n) is 10.5. The highest BCUT2D eigenvalue weighted by molar-refractivity contribution is 5.13. The topological polar surface area (TPSA) is 36.9 Å². The summed E-state index contributed by atoms with van der Waals surface area (Å²) in [5, 5.41) is 0. The highest BCUT2D eigenvalue weighted by Gasteiger charge is 2.44. The van der Waals surface area contributed by atoms with Crippen LogP contribution in [0.2, 0.25) is 0 Å². The molecule has 18 heavy (non-hydrogen) atoms. The molecule has 2 bridgehead atoms. The second kappa shape index (κ2) is 5.36. The Balaban J connectivity index is 1.59. The van der Waals surface area contributed by atoms with Crippen LogP contribution in [-0.2, 0) is 25.6 Å². The molecule has 2 heterocycles. The highest BCUT2D eigenvalue weighted by Crippen LogP contribution is 2.31.